The number of aromatic nitrogens is 3. The van der Waals surface area contributed by atoms with Crippen LogP contribution in [0, 0.1) is 12.8 Å². The average molecular weight is 546 g/mol. The number of nitrogens with zero attached hydrogens (tertiary/aromatic N) is 5. The minimum absolute atomic E-state index is 0.0599. The average Bonchev–Trinajstić information content (AvgIpc) is 2.95. The molecule has 7 nitrogen and oxygen atoms in total. The highest BCUT2D eigenvalue weighted by Crippen LogP contribution is 2.31. The molecule has 3 aromatic carbocycles. The topological polar surface area (TPSA) is 78.3 Å². The number of hydrazone groups is 1. The predicted octanol–water partition coefficient (Wildman–Crippen LogP) is 6.85. The fraction of sp³-hybridized carbons (Fsp3) is 0.267. The fourth-order valence-electron chi connectivity index (χ4n) is 4.69. The number of rotatable bonds is 8. The summed E-state index contributed by atoms with van der Waals surface area (Å²) in [7, 11) is 0. The van der Waals surface area contributed by atoms with Crippen LogP contribution in [0.4, 0.5) is 36.7 Å². The lowest BCUT2D eigenvalue weighted by atomic mass is 9.90. The first-order valence-corrected chi connectivity index (χ1v) is 13.2. The smallest absolute Gasteiger partial charge is 0.341 e. The lowest BCUT2D eigenvalue weighted by Crippen LogP contribution is -2.35. The molecule has 0 amide bonds. The number of hydrogen-bond donors (Lipinski definition) is 2. The fourth-order valence-corrected chi connectivity index (χ4v) is 4.69. The Morgan fingerprint density at radius 3 is 2.27 bits per heavy atom. The van der Waals surface area contributed by atoms with Gasteiger partial charge in [-0.1, -0.05) is 66.2 Å². The Bertz CT molecular complexity index is 1430. The van der Waals surface area contributed by atoms with Gasteiger partial charge in [-0.05, 0) is 55.9 Å². The third-order valence-corrected chi connectivity index (χ3v) is 6.83. The van der Waals surface area contributed by atoms with Gasteiger partial charge in [0.1, 0.15) is 0 Å². The van der Waals surface area contributed by atoms with Crippen molar-refractivity contribution in [1.29, 1.82) is 0 Å². The van der Waals surface area contributed by atoms with E-state index in [0.29, 0.717) is 17.8 Å². The Labute approximate surface area is 231 Å². The van der Waals surface area contributed by atoms with Gasteiger partial charge in [0.25, 0.3) is 0 Å². The highest BCUT2D eigenvalue weighted by molar-refractivity contribution is 5.82. The molecular weight excluding hydrogens is 515 g/mol. The molecule has 0 unspecified atom stereocenters. The molecule has 0 atom stereocenters. The molecule has 1 fully saturated rings. The summed E-state index contributed by atoms with van der Waals surface area (Å²) >= 11 is 0. The van der Waals surface area contributed by atoms with Crippen LogP contribution in [-0.4, -0.2) is 34.3 Å². The SMILES string of the molecule is Cc1ccc(Nc2nc(NN=Cc3ccccc3C(F)(F)F)nc(N3CCC(Cc4ccccc4)CC3)n2)cc1. The maximum atomic E-state index is 13.4. The molecular formula is C30H30F3N7. The molecule has 5 rings (SSSR count). The van der Waals surface area contributed by atoms with Crippen LogP contribution < -0.4 is 15.6 Å². The minimum Gasteiger partial charge on any atom is -0.341 e. The number of alkyl halides is 3. The number of halogens is 3. The van der Waals surface area contributed by atoms with Crippen LogP contribution in [0.1, 0.15) is 35.1 Å². The van der Waals surface area contributed by atoms with Crippen molar-refractivity contribution in [3.05, 3.63) is 101 Å². The first-order chi connectivity index (χ1) is 19.3. The third kappa shape index (κ3) is 7.13. The molecule has 1 saturated heterocycles. The maximum absolute atomic E-state index is 13.4. The Hall–Kier alpha value is -4.47. The zero-order valence-electron chi connectivity index (χ0n) is 22.1. The quantitative estimate of drug-likeness (QED) is 0.186. The van der Waals surface area contributed by atoms with Crippen molar-refractivity contribution in [3.8, 4) is 0 Å². The zero-order chi connectivity index (χ0) is 28.0. The van der Waals surface area contributed by atoms with Gasteiger partial charge in [0, 0.05) is 24.3 Å². The van der Waals surface area contributed by atoms with E-state index < -0.39 is 11.7 Å². The van der Waals surface area contributed by atoms with Gasteiger partial charge < -0.3 is 10.2 Å². The van der Waals surface area contributed by atoms with E-state index in [9.17, 15) is 13.2 Å². The van der Waals surface area contributed by atoms with Crippen molar-refractivity contribution >= 4 is 29.7 Å². The van der Waals surface area contributed by atoms with Crippen LogP contribution in [0.25, 0.3) is 0 Å². The van der Waals surface area contributed by atoms with Crippen LogP contribution in [0.5, 0.6) is 0 Å². The predicted molar refractivity (Wildman–Crippen MR) is 152 cm³/mol. The normalized spacial score (nSPS) is 14.4. The van der Waals surface area contributed by atoms with Crippen LogP contribution in [0.3, 0.4) is 0 Å². The number of hydrogen-bond acceptors (Lipinski definition) is 7. The highest BCUT2D eigenvalue weighted by atomic mass is 19.4. The van der Waals surface area contributed by atoms with E-state index in [1.165, 1.54) is 23.8 Å². The van der Waals surface area contributed by atoms with Gasteiger partial charge in [-0.25, -0.2) is 5.43 Å². The molecule has 0 spiro atoms. The summed E-state index contributed by atoms with van der Waals surface area (Å²) in [4.78, 5) is 15.7. The monoisotopic (exact) mass is 545 g/mol. The molecule has 1 aromatic heterocycles. The van der Waals surface area contributed by atoms with Crippen molar-refractivity contribution in [3.63, 3.8) is 0 Å². The second-order valence-electron chi connectivity index (χ2n) is 9.85. The first-order valence-electron chi connectivity index (χ1n) is 13.2. The third-order valence-electron chi connectivity index (χ3n) is 6.83. The van der Waals surface area contributed by atoms with Gasteiger partial charge in [-0.2, -0.15) is 33.2 Å². The molecule has 40 heavy (non-hydrogen) atoms. The second kappa shape index (κ2) is 12.1. The van der Waals surface area contributed by atoms with Crippen LogP contribution in [-0.2, 0) is 12.6 Å². The molecule has 0 saturated carbocycles. The van der Waals surface area contributed by atoms with Crippen molar-refractivity contribution < 1.29 is 13.2 Å². The Kier molecular flexibility index (Phi) is 8.23. The van der Waals surface area contributed by atoms with Crippen LogP contribution in [0.15, 0.2) is 84.0 Å². The largest absolute Gasteiger partial charge is 0.417 e. The number of anilines is 4. The number of nitrogens with one attached hydrogen (secondary N) is 2. The zero-order valence-corrected chi connectivity index (χ0v) is 22.1. The van der Waals surface area contributed by atoms with Crippen molar-refractivity contribution in [1.82, 2.24) is 15.0 Å². The summed E-state index contributed by atoms with van der Waals surface area (Å²) in [6.45, 7) is 3.57. The van der Waals surface area contributed by atoms with Crippen molar-refractivity contribution in [2.45, 2.75) is 32.4 Å². The summed E-state index contributed by atoms with van der Waals surface area (Å²) in [5.74, 6) is 1.50. The first kappa shape index (κ1) is 27.1. The van der Waals surface area contributed by atoms with Gasteiger partial charge in [0.15, 0.2) is 0 Å². The molecule has 0 radical (unpaired) electrons. The van der Waals surface area contributed by atoms with Gasteiger partial charge in [0.2, 0.25) is 17.8 Å². The van der Waals surface area contributed by atoms with Gasteiger partial charge in [-0.3, -0.25) is 0 Å². The van der Waals surface area contributed by atoms with E-state index in [-0.39, 0.29) is 11.5 Å². The molecule has 206 valence electrons. The number of piperidine rings is 1. The molecule has 4 aromatic rings. The van der Waals surface area contributed by atoms with Crippen molar-refractivity contribution in [2.75, 3.05) is 28.7 Å². The molecule has 0 bridgehead atoms. The van der Waals surface area contributed by atoms with E-state index in [1.807, 2.05) is 37.3 Å². The van der Waals surface area contributed by atoms with E-state index in [1.54, 1.807) is 0 Å². The summed E-state index contributed by atoms with van der Waals surface area (Å²) in [5, 5.41) is 7.22. The van der Waals surface area contributed by atoms with E-state index in [2.05, 4.69) is 60.0 Å². The number of benzene rings is 3. The minimum atomic E-state index is -4.49. The van der Waals surface area contributed by atoms with Crippen molar-refractivity contribution in [2.24, 2.45) is 11.0 Å². The second-order valence-corrected chi connectivity index (χ2v) is 9.85. The Morgan fingerprint density at radius 1 is 0.875 bits per heavy atom. The lowest BCUT2D eigenvalue weighted by molar-refractivity contribution is -0.137. The van der Waals surface area contributed by atoms with Crippen LogP contribution >= 0.6 is 0 Å². The van der Waals surface area contributed by atoms with Gasteiger partial charge >= 0.3 is 6.18 Å². The molecule has 2 heterocycles. The molecule has 2 N–H and O–H groups in total. The van der Waals surface area contributed by atoms with E-state index in [0.717, 1.165) is 55.9 Å². The van der Waals surface area contributed by atoms with Gasteiger partial charge in [-0.15, -0.1) is 0 Å². The molecule has 1 aliphatic rings. The maximum Gasteiger partial charge on any atom is 0.417 e. The number of aryl methyl sites for hydroxylation is 1. The molecule has 10 heteroatoms. The molecule has 1 aliphatic heterocycles. The standard InChI is InChI=1S/C30H30F3N7/c1-21-11-13-25(14-12-21)35-27-36-28(39-34-20-24-9-5-6-10-26(24)30(31,32)33)38-29(37-27)40-17-15-23(16-18-40)19-22-7-3-2-4-8-22/h2-14,20,23H,15-19H2,1H3,(H2,35,36,37,38,39). The molecule has 0 aliphatic carbocycles. The summed E-state index contributed by atoms with van der Waals surface area (Å²) in [6, 6.07) is 23.5. The van der Waals surface area contributed by atoms with E-state index >= 15 is 0 Å². The van der Waals surface area contributed by atoms with Gasteiger partial charge in [0.05, 0.1) is 11.8 Å². The Balaban J connectivity index is 1.34. The Morgan fingerprint density at radius 2 is 1.55 bits per heavy atom. The summed E-state index contributed by atoms with van der Waals surface area (Å²) < 4.78 is 40.1. The van der Waals surface area contributed by atoms with E-state index in [4.69, 9.17) is 0 Å². The summed E-state index contributed by atoms with van der Waals surface area (Å²) in [5.41, 5.74) is 5.13. The highest BCUT2D eigenvalue weighted by Gasteiger charge is 2.32. The van der Waals surface area contributed by atoms with Crippen LogP contribution in [0.2, 0.25) is 0 Å². The lowest BCUT2D eigenvalue weighted by Gasteiger charge is -2.32. The summed E-state index contributed by atoms with van der Waals surface area (Å²) in [6.07, 6.45) is -0.338.